The van der Waals surface area contributed by atoms with Gasteiger partial charge in [-0.3, -0.25) is 13.8 Å². The molecular formula is C65H126N2O6P+. The number of amides is 1. The number of aliphatic hydroxyl groups is 1. The van der Waals surface area contributed by atoms with Crippen molar-refractivity contribution in [3.8, 4) is 0 Å². The fourth-order valence-electron chi connectivity index (χ4n) is 9.52. The molecule has 0 radical (unpaired) electrons. The Morgan fingerprint density at radius 2 is 0.770 bits per heavy atom. The van der Waals surface area contributed by atoms with Crippen LogP contribution in [0.15, 0.2) is 48.6 Å². The maximum Gasteiger partial charge on any atom is 0.472 e. The number of carbonyl (C=O) groups excluding carboxylic acids is 1. The third kappa shape index (κ3) is 58.1. The van der Waals surface area contributed by atoms with Crippen LogP contribution in [0.5, 0.6) is 0 Å². The molecule has 3 atom stereocenters. The van der Waals surface area contributed by atoms with Gasteiger partial charge >= 0.3 is 7.82 Å². The van der Waals surface area contributed by atoms with E-state index in [1.807, 2.05) is 27.2 Å². The van der Waals surface area contributed by atoms with Crippen LogP contribution in [0.4, 0.5) is 0 Å². The zero-order chi connectivity index (χ0) is 54.2. The number of rotatable bonds is 59. The third-order valence-electron chi connectivity index (χ3n) is 14.5. The molecule has 0 aromatic heterocycles. The minimum absolute atomic E-state index is 0.0610. The molecule has 0 aromatic rings. The van der Waals surface area contributed by atoms with Crippen LogP contribution in [0, 0.1) is 0 Å². The largest absolute Gasteiger partial charge is 0.472 e. The van der Waals surface area contributed by atoms with Crippen LogP contribution in [-0.2, 0) is 18.4 Å². The SMILES string of the molecule is CCCCCCC/C=C\C/C=C\C/C=C\CCCCCCCCCCCCCCC(=O)NC(COP(=O)(O)OCC[N+](C)(C)C)C(O)/C=C/CCCCCCCCCCCCCCCCCCCCCCCCC. The molecule has 0 aliphatic carbocycles. The van der Waals surface area contributed by atoms with E-state index in [1.165, 1.54) is 238 Å². The van der Waals surface area contributed by atoms with Crippen molar-refractivity contribution in [2.24, 2.45) is 0 Å². The molecule has 0 saturated carbocycles. The van der Waals surface area contributed by atoms with Crippen molar-refractivity contribution in [3.63, 3.8) is 0 Å². The van der Waals surface area contributed by atoms with Crippen LogP contribution < -0.4 is 5.32 Å². The second-order valence-corrected chi connectivity index (χ2v) is 24.6. The van der Waals surface area contributed by atoms with Crippen LogP contribution in [0.25, 0.3) is 0 Å². The highest BCUT2D eigenvalue weighted by Crippen LogP contribution is 2.43. The summed E-state index contributed by atoms with van der Waals surface area (Å²) in [6.07, 6.45) is 75.1. The topological polar surface area (TPSA) is 105 Å². The second-order valence-electron chi connectivity index (χ2n) is 23.1. The number of phosphoric acid groups is 1. The van der Waals surface area contributed by atoms with Gasteiger partial charge in [-0.2, -0.15) is 0 Å². The molecule has 0 aromatic carbocycles. The van der Waals surface area contributed by atoms with Crippen molar-refractivity contribution >= 4 is 13.7 Å². The molecule has 3 N–H and O–H groups in total. The van der Waals surface area contributed by atoms with Gasteiger partial charge in [0.1, 0.15) is 13.2 Å². The molecule has 8 nitrogen and oxygen atoms in total. The number of hydrogen-bond donors (Lipinski definition) is 3. The summed E-state index contributed by atoms with van der Waals surface area (Å²) in [7, 11) is 1.58. The molecule has 0 aliphatic rings. The molecule has 3 unspecified atom stereocenters. The molecule has 0 saturated heterocycles. The van der Waals surface area contributed by atoms with Gasteiger partial charge < -0.3 is 19.8 Å². The predicted octanol–water partition coefficient (Wildman–Crippen LogP) is 19.9. The Bertz CT molecular complexity index is 1340. The molecule has 0 heterocycles. The van der Waals surface area contributed by atoms with Crippen LogP contribution in [0.1, 0.15) is 309 Å². The van der Waals surface area contributed by atoms with Crippen LogP contribution in [0.3, 0.4) is 0 Å². The van der Waals surface area contributed by atoms with Crippen LogP contribution >= 0.6 is 7.82 Å². The number of hydrogen-bond acceptors (Lipinski definition) is 5. The Kier molecular flexibility index (Phi) is 55.0. The standard InChI is InChI=1S/C65H125N2O6P/c1-6-8-10-12-14-16-18-20-22-24-26-28-30-32-33-35-37-39-41-43-45-47-49-51-53-55-57-59-65(69)66-63(62-73-74(70,71)72-61-60-67(3,4)5)64(68)58-56-54-52-50-48-46-44-42-40-38-36-34-31-29-27-25-23-21-19-17-15-13-11-9-7-2/h18,20,24,26,30,32,56,58,63-64,68H,6-17,19,21-23,25,27-29,31,33-55,57,59-62H2,1-5H3,(H-,66,69,70,71)/p+1/b20-18-,26-24-,32-30-,58-56+. The van der Waals surface area contributed by atoms with Crippen molar-refractivity contribution in [1.82, 2.24) is 5.32 Å². The summed E-state index contributed by atoms with van der Waals surface area (Å²) >= 11 is 0. The molecule has 1 amide bonds. The molecule has 436 valence electrons. The second kappa shape index (κ2) is 56.2. The Balaban J connectivity index is 4.15. The maximum absolute atomic E-state index is 13.0. The van der Waals surface area contributed by atoms with E-state index in [0.29, 0.717) is 17.4 Å². The molecule has 0 rings (SSSR count). The van der Waals surface area contributed by atoms with Gasteiger partial charge in [-0.15, -0.1) is 0 Å². The highest BCUT2D eigenvalue weighted by atomic mass is 31.2. The smallest absolute Gasteiger partial charge is 0.387 e. The number of aliphatic hydroxyl groups excluding tert-OH is 1. The first-order chi connectivity index (χ1) is 36.0. The van der Waals surface area contributed by atoms with E-state index in [9.17, 15) is 19.4 Å². The fraction of sp³-hybridized carbons (Fsp3) is 0.862. The van der Waals surface area contributed by atoms with Gasteiger partial charge in [-0.25, -0.2) is 4.57 Å². The van der Waals surface area contributed by atoms with Gasteiger partial charge in [-0.05, 0) is 57.8 Å². The summed E-state index contributed by atoms with van der Waals surface area (Å²) < 4.78 is 23.8. The summed E-state index contributed by atoms with van der Waals surface area (Å²) in [6.45, 7) is 4.84. The average Bonchev–Trinajstić information content (AvgIpc) is 3.36. The molecule has 74 heavy (non-hydrogen) atoms. The van der Waals surface area contributed by atoms with E-state index >= 15 is 0 Å². The van der Waals surface area contributed by atoms with Gasteiger partial charge in [0, 0.05) is 6.42 Å². The Morgan fingerprint density at radius 1 is 0.459 bits per heavy atom. The van der Waals surface area contributed by atoms with Crippen molar-refractivity contribution in [2.45, 2.75) is 321 Å². The zero-order valence-electron chi connectivity index (χ0n) is 49.8. The molecule has 0 aliphatic heterocycles. The number of allylic oxidation sites excluding steroid dienone is 7. The Hall–Kier alpha value is -1.54. The summed E-state index contributed by atoms with van der Waals surface area (Å²) in [4.78, 5) is 23.4. The fourth-order valence-corrected chi connectivity index (χ4v) is 10.3. The van der Waals surface area contributed by atoms with Crippen molar-refractivity contribution in [2.75, 3.05) is 40.9 Å². The average molecular weight is 1060 g/mol. The summed E-state index contributed by atoms with van der Waals surface area (Å²) in [5.41, 5.74) is 0. The highest BCUT2D eigenvalue weighted by Gasteiger charge is 2.28. The van der Waals surface area contributed by atoms with Gasteiger partial charge in [0.05, 0.1) is 39.9 Å². The summed E-state index contributed by atoms with van der Waals surface area (Å²) in [6, 6.07) is -0.850. The van der Waals surface area contributed by atoms with E-state index in [-0.39, 0.29) is 19.1 Å². The quantitative estimate of drug-likeness (QED) is 0.0243. The van der Waals surface area contributed by atoms with E-state index < -0.39 is 20.0 Å². The maximum atomic E-state index is 13.0. The van der Waals surface area contributed by atoms with Crippen LogP contribution in [0.2, 0.25) is 0 Å². The number of carbonyl (C=O) groups is 1. The lowest BCUT2D eigenvalue weighted by atomic mass is 10.0. The monoisotopic (exact) mass is 1060 g/mol. The summed E-state index contributed by atoms with van der Waals surface area (Å²) in [5.74, 6) is -0.176. The number of nitrogens with zero attached hydrogens (tertiary/aromatic N) is 1. The van der Waals surface area contributed by atoms with Gasteiger partial charge in [0.25, 0.3) is 0 Å². The van der Waals surface area contributed by atoms with Crippen molar-refractivity contribution in [1.29, 1.82) is 0 Å². The number of quaternary nitrogens is 1. The molecule has 0 bridgehead atoms. The third-order valence-corrected chi connectivity index (χ3v) is 15.5. The van der Waals surface area contributed by atoms with Crippen molar-refractivity contribution in [3.05, 3.63) is 48.6 Å². The molecule has 9 heteroatoms. The predicted molar refractivity (Wildman–Crippen MR) is 323 cm³/mol. The lowest BCUT2D eigenvalue weighted by Gasteiger charge is -2.25. The van der Waals surface area contributed by atoms with Gasteiger partial charge in [0.2, 0.25) is 5.91 Å². The Labute approximate surface area is 460 Å². The minimum atomic E-state index is -4.35. The highest BCUT2D eigenvalue weighted by molar-refractivity contribution is 7.47. The number of nitrogens with one attached hydrogen (secondary N) is 1. The number of unbranched alkanes of at least 4 members (excludes halogenated alkanes) is 40. The molecular weight excluding hydrogens is 936 g/mol. The van der Waals surface area contributed by atoms with Crippen molar-refractivity contribution < 1.29 is 32.9 Å². The lowest BCUT2D eigenvalue weighted by molar-refractivity contribution is -0.870. The summed E-state index contributed by atoms with van der Waals surface area (Å²) in [5, 5.41) is 14.0. The van der Waals surface area contributed by atoms with E-state index in [1.54, 1.807) is 6.08 Å². The Morgan fingerprint density at radius 3 is 1.12 bits per heavy atom. The van der Waals surface area contributed by atoms with Gasteiger partial charge in [0.15, 0.2) is 0 Å². The molecule has 0 spiro atoms. The first kappa shape index (κ1) is 72.5. The normalized spacial score (nSPS) is 14.1. The first-order valence-corrected chi connectivity index (χ1v) is 33.5. The zero-order valence-corrected chi connectivity index (χ0v) is 50.7. The first-order valence-electron chi connectivity index (χ1n) is 32.0. The minimum Gasteiger partial charge on any atom is -0.387 e. The molecule has 0 fully saturated rings. The van der Waals surface area contributed by atoms with Crippen LogP contribution in [-0.4, -0.2) is 73.4 Å². The number of likely N-dealkylation sites (N-methyl/N-ethyl adjacent to an activating group) is 1. The van der Waals surface area contributed by atoms with E-state index in [0.717, 1.165) is 51.4 Å². The van der Waals surface area contributed by atoms with E-state index in [4.69, 9.17) is 9.05 Å². The number of phosphoric ester groups is 1. The van der Waals surface area contributed by atoms with Gasteiger partial charge in [-0.1, -0.05) is 294 Å². The van der Waals surface area contributed by atoms with E-state index in [2.05, 4.69) is 55.6 Å². The lowest BCUT2D eigenvalue weighted by Crippen LogP contribution is -2.45.